The number of carbonyl (C=O) groups is 2. The summed E-state index contributed by atoms with van der Waals surface area (Å²) in [6.07, 6.45) is 15.2. The number of ether oxygens (including phenoxy) is 2. The Bertz CT molecular complexity index is 328. The Morgan fingerprint density at radius 3 is 1.72 bits per heavy atom. The lowest BCUT2D eigenvalue weighted by Gasteiger charge is -2.12. The van der Waals surface area contributed by atoms with Crippen molar-refractivity contribution in [3.63, 3.8) is 0 Å². The van der Waals surface area contributed by atoms with Crippen LogP contribution < -0.4 is 0 Å². The molecule has 1 unspecified atom stereocenters. The van der Waals surface area contributed by atoms with Crippen molar-refractivity contribution < 1.29 is 19.1 Å². The molecular weight excluding hydrogens is 316 g/mol. The Balaban J connectivity index is 3.44. The number of unbranched alkanes of at least 4 members (excludes halogenated alkanes) is 11. The molecule has 0 aliphatic heterocycles. The van der Waals surface area contributed by atoms with Gasteiger partial charge in [0.2, 0.25) is 0 Å². The zero-order valence-electron chi connectivity index (χ0n) is 16.8. The molecule has 0 fully saturated rings. The SMILES string of the molecule is CCCCCCCCCCCCCC(=O)OC(C)C(=O)OCCCC. The Morgan fingerprint density at radius 2 is 1.20 bits per heavy atom. The highest BCUT2D eigenvalue weighted by molar-refractivity contribution is 5.78. The molecule has 0 spiro atoms. The van der Waals surface area contributed by atoms with Gasteiger partial charge in [-0.3, -0.25) is 4.79 Å². The first-order valence-electron chi connectivity index (χ1n) is 10.5. The maximum absolute atomic E-state index is 11.7. The summed E-state index contributed by atoms with van der Waals surface area (Å²) in [5.74, 6) is -0.739. The second kappa shape index (κ2) is 17.8. The van der Waals surface area contributed by atoms with E-state index in [4.69, 9.17) is 9.47 Å². The van der Waals surface area contributed by atoms with Gasteiger partial charge in [-0.15, -0.1) is 0 Å². The van der Waals surface area contributed by atoms with Crippen LogP contribution in [0.3, 0.4) is 0 Å². The molecule has 0 amide bonds. The molecule has 0 saturated heterocycles. The van der Waals surface area contributed by atoms with Crippen molar-refractivity contribution in [2.45, 2.75) is 117 Å². The van der Waals surface area contributed by atoms with E-state index in [-0.39, 0.29) is 5.97 Å². The Morgan fingerprint density at radius 1 is 0.720 bits per heavy atom. The Labute approximate surface area is 155 Å². The van der Waals surface area contributed by atoms with Gasteiger partial charge in [-0.05, 0) is 19.8 Å². The summed E-state index contributed by atoms with van der Waals surface area (Å²) in [6, 6.07) is 0. The molecule has 0 aliphatic rings. The molecule has 0 N–H and O–H groups in total. The van der Waals surface area contributed by atoms with E-state index in [2.05, 4.69) is 6.92 Å². The molecule has 0 aromatic heterocycles. The molecule has 0 bridgehead atoms. The molecule has 148 valence electrons. The normalized spacial score (nSPS) is 12.0. The van der Waals surface area contributed by atoms with E-state index >= 15 is 0 Å². The predicted molar refractivity (Wildman–Crippen MR) is 102 cm³/mol. The summed E-state index contributed by atoms with van der Waals surface area (Å²) in [7, 11) is 0. The number of esters is 2. The first kappa shape index (κ1) is 23.9. The molecule has 25 heavy (non-hydrogen) atoms. The van der Waals surface area contributed by atoms with Gasteiger partial charge in [0, 0.05) is 6.42 Å². The van der Waals surface area contributed by atoms with E-state index in [1.54, 1.807) is 6.92 Å². The van der Waals surface area contributed by atoms with E-state index in [9.17, 15) is 9.59 Å². The maximum Gasteiger partial charge on any atom is 0.347 e. The molecule has 0 radical (unpaired) electrons. The standard InChI is InChI=1S/C21H40O4/c1-4-6-8-9-10-11-12-13-14-15-16-17-20(22)25-19(3)21(23)24-18-7-5-2/h19H,4-18H2,1-3H3. The number of rotatable bonds is 17. The van der Waals surface area contributed by atoms with E-state index in [0.717, 1.165) is 25.7 Å². The minimum atomic E-state index is -0.794. The Kier molecular flexibility index (Phi) is 17.0. The Hall–Kier alpha value is -1.06. The smallest absolute Gasteiger partial charge is 0.347 e. The molecule has 0 aliphatic carbocycles. The summed E-state index contributed by atoms with van der Waals surface area (Å²) in [6.45, 7) is 6.25. The molecule has 0 aromatic rings. The van der Waals surface area contributed by atoms with Crippen molar-refractivity contribution in [1.82, 2.24) is 0 Å². The molecule has 1 atom stereocenters. The molecule has 4 heteroatoms. The van der Waals surface area contributed by atoms with Crippen LogP contribution in [-0.4, -0.2) is 24.6 Å². The summed E-state index contributed by atoms with van der Waals surface area (Å²) >= 11 is 0. The van der Waals surface area contributed by atoms with Crippen molar-refractivity contribution >= 4 is 11.9 Å². The number of hydrogen-bond acceptors (Lipinski definition) is 4. The van der Waals surface area contributed by atoms with Crippen molar-refractivity contribution in [2.75, 3.05) is 6.61 Å². The number of hydrogen-bond donors (Lipinski definition) is 0. The predicted octanol–water partition coefficient (Wildman–Crippen LogP) is 5.96. The maximum atomic E-state index is 11.7. The van der Waals surface area contributed by atoms with Gasteiger partial charge in [0.05, 0.1) is 6.61 Å². The van der Waals surface area contributed by atoms with Crippen molar-refractivity contribution in [3.8, 4) is 0 Å². The van der Waals surface area contributed by atoms with Crippen LogP contribution in [0.15, 0.2) is 0 Å². The van der Waals surface area contributed by atoms with Crippen molar-refractivity contribution in [1.29, 1.82) is 0 Å². The van der Waals surface area contributed by atoms with E-state index in [0.29, 0.717) is 13.0 Å². The van der Waals surface area contributed by atoms with Crippen LogP contribution >= 0.6 is 0 Å². The second-order valence-electron chi connectivity index (χ2n) is 6.94. The highest BCUT2D eigenvalue weighted by Crippen LogP contribution is 2.12. The average molecular weight is 357 g/mol. The van der Waals surface area contributed by atoms with Crippen LogP contribution in [0.4, 0.5) is 0 Å². The molecular formula is C21H40O4. The zero-order chi connectivity index (χ0) is 18.8. The van der Waals surface area contributed by atoms with Crippen molar-refractivity contribution in [3.05, 3.63) is 0 Å². The third-order valence-electron chi connectivity index (χ3n) is 4.37. The van der Waals surface area contributed by atoms with Crippen LogP contribution in [0.5, 0.6) is 0 Å². The summed E-state index contributed by atoms with van der Waals surface area (Å²) in [5.41, 5.74) is 0. The van der Waals surface area contributed by atoms with Gasteiger partial charge in [-0.2, -0.15) is 0 Å². The second-order valence-corrected chi connectivity index (χ2v) is 6.94. The van der Waals surface area contributed by atoms with Gasteiger partial charge < -0.3 is 9.47 Å². The molecule has 4 nitrogen and oxygen atoms in total. The van der Waals surface area contributed by atoms with E-state index < -0.39 is 12.1 Å². The molecule has 0 saturated carbocycles. The summed E-state index contributed by atoms with van der Waals surface area (Å²) in [5, 5.41) is 0. The fraction of sp³-hybridized carbons (Fsp3) is 0.905. The fourth-order valence-electron chi connectivity index (χ4n) is 2.67. The highest BCUT2D eigenvalue weighted by Gasteiger charge is 2.18. The number of carbonyl (C=O) groups excluding carboxylic acids is 2. The summed E-state index contributed by atoms with van der Waals surface area (Å²) in [4.78, 5) is 23.3. The van der Waals surface area contributed by atoms with Crippen molar-refractivity contribution in [2.24, 2.45) is 0 Å². The van der Waals surface area contributed by atoms with E-state index in [1.807, 2.05) is 6.92 Å². The third-order valence-corrected chi connectivity index (χ3v) is 4.37. The van der Waals surface area contributed by atoms with Crippen LogP contribution in [0.1, 0.15) is 111 Å². The first-order valence-corrected chi connectivity index (χ1v) is 10.5. The van der Waals surface area contributed by atoms with Gasteiger partial charge in [0.15, 0.2) is 6.10 Å². The lowest BCUT2D eigenvalue weighted by atomic mass is 10.1. The van der Waals surface area contributed by atoms with Gasteiger partial charge in [0.1, 0.15) is 0 Å². The molecule has 0 heterocycles. The highest BCUT2D eigenvalue weighted by atomic mass is 16.6. The van der Waals surface area contributed by atoms with Gasteiger partial charge in [-0.1, -0.05) is 84.5 Å². The van der Waals surface area contributed by atoms with Gasteiger partial charge in [0.25, 0.3) is 0 Å². The third kappa shape index (κ3) is 16.2. The first-order chi connectivity index (χ1) is 12.1. The summed E-state index contributed by atoms with van der Waals surface area (Å²) < 4.78 is 10.2. The quantitative estimate of drug-likeness (QED) is 0.238. The van der Waals surface area contributed by atoms with Gasteiger partial charge in [-0.25, -0.2) is 4.79 Å². The monoisotopic (exact) mass is 356 g/mol. The topological polar surface area (TPSA) is 52.6 Å². The average Bonchev–Trinajstić information content (AvgIpc) is 2.59. The van der Waals surface area contributed by atoms with E-state index in [1.165, 1.54) is 57.8 Å². The van der Waals surface area contributed by atoms with Gasteiger partial charge >= 0.3 is 11.9 Å². The largest absolute Gasteiger partial charge is 0.463 e. The molecule has 0 aromatic carbocycles. The van der Waals surface area contributed by atoms with Crippen LogP contribution in [0, 0.1) is 0 Å². The lowest BCUT2D eigenvalue weighted by Crippen LogP contribution is -2.26. The van der Waals surface area contributed by atoms with Crippen LogP contribution in [-0.2, 0) is 19.1 Å². The minimum absolute atomic E-state index is 0.295. The fourth-order valence-corrected chi connectivity index (χ4v) is 2.67. The molecule has 0 rings (SSSR count). The zero-order valence-corrected chi connectivity index (χ0v) is 16.8. The lowest BCUT2D eigenvalue weighted by molar-refractivity contribution is -0.166. The van der Waals surface area contributed by atoms with Crippen LogP contribution in [0.2, 0.25) is 0 Å². The van der Waals surface area contributed by atoms with Crippen LogP contribution in [0.25, 0.3) is 0 Å². The minimum Gasteiger partial charge on any atom is -0.463 e.